The van der Waals surface area contributed by atoms with Gasteiger partial charge in [0.1, 0.15) is 22.7 Å². The third-order valence-electron chi connectivity index (χ3n) is 9.85. The molecule has 1 amide bonds. The van der Waals surface area contributed by atoms with E-state index in [2.05, 4.69) is 28.2 Å². The minimum atomic E-state index is -4.20. The summed E-state index contributed by atoms with van der Waals surface area (Å²) in [6, 6.07) is 11.0. The Bertz CT molecular complexity index is 1920. The van der Waals surface area contributed by atoms with Crippen molar-refractivity contribution in [3.63, 3.8) is 0 Å². The summed E-state index contributed by atoms with van der Waals surface area (Å²) >= 11 is 0. The standard InChI is InChI=1S/C37H46N6O5S/c1-5-7-12-33-40-36(17-8-9-18-36)35(44)43(33)23-27-13-15-30(28(21-27)24-47-6-2)37(19-10-11-20-39-37)31-16-14-29(38)22-32(31)49(45,46)42-34-25(3)26(4)48-41-34/h10-11,13-16,19-22,39H,5-9,12,17-18,23-24,38H2,1-4H3,(H,41,42). The number of aryl methyl sites for hydroxylation is 1. The molecule has 0 radical (unpaired) electrons. The van der Waals surface area contributed by atoms with Crippen LogP contribution in [0.25, 0.3) is 0 Å². The number of hydrogen-bond acceptors (Lipinski definition) is 9. The lowest BCUT2D eigenvalue weighted by Gasteiger charge is -2.37. The Morgan fingerprint density at radius 2 is 1.86 bits per heavy atom. The number of amides is 1. The molecule has 1 fully saturated rings. The van der Waals surface area contributed by atoms with Crippen molar-refractivity contribution in [1.29, 1.82) is 0 Å². The number of nitrogens with zero attached hydrogens (tertiary/aromatic N) is 3. The first-order valence-corrected chi connectivity index (χ1v) is 18.6. The van der Waals surface area contributed by atoms with Crippen molar-refractivity contribution < 1.29 is 22.5 Å². The molecule has 2 aliphatic heterocycles. The second-order valence-electron chi connectivity index (χ2n) is 13.1. The molecule has 1 unspecified atom stereocenters. The Balaban J connectivity index is 1.43. The zero-order chi connectivity index (χ0) is 34.8. The van der Waals surface area contributed by atoms with Crippen molar-refractivity contribution in [3.05, 3.63) is 94.4 Å². The van der Waals surface area contributed by atoms with E-state index in [0.717, 1.165) is 67.5 Å². The number of sulfonamides is 1. The van der Waals surface area contributed by atoms with Crippen molar-refractivity contribution in [3.8, 4) is 0 Å². The summed E-state index contributed by atoms with van der Waals surface area (Å²) in [6.45, 7) is 8.72. The Hall–Kier alpha value is -4.42. The van der Waals surface area contributed by atoms with E-state index in [-0.39, 0.29) is 23.2 Å². The number of nitrogens with two attached hydrogens (primary N) is 1. The van der Waals surface area contributed by atoms with Gasteiger partial charge in [0, 0.05) is 29.8 Å². The number of aliphatic imine (C=N–C) groups is 1. The Labute approximate surface area is 288 Å². The van der Waals surface area contributed by atoms with E-state index < -0.39 is 21.1 Å². The van der Waals surface area contributed by atoms with Crippen molar-refractivity contribution in [2.45, 2.75) is 102 Å². The van der Waals surface area contributed by atoms with Crippen LogP contribution in [0.3, 0.4) is 0 Å². The van der Waals surface area contributed by atoms with Crippen LogP contribution >= 0.6 is 0 Å². The van der Waals surface area contributed by atoms with Gasteiger partial charge >= 0.3 is 0 Å². The van der Waals surface area contributed by atoms with Crippen LogP contribution in [-0.4, -0.2) is 42.4 Å². The summed E-state index contributed by atoms with van der Waals surface area (Å²) < 4.78 is 42.0. The maximum atomic E-state index is 14.1. The minimum Gasteiger partial charge on any atom is -0.399 e. The predicted molar refractivity (Wildman–Crippen MR) is 190 cm³/mol. The smallest absolute Gasteiger partial charge is 0.263 e. The molecule has 0 saturated heterocycles. The van der Waals surface area contributed by atoms with E-state index in [1.54, 1.807) is 32.2 Å². The number of unbranched alkanes of at least 4 members (excludes halogenated alkanes) is 1. The molecule has 3 aliphatic rings. The number of ether oxygens (including phenoxy) is 1. The first kappa shape index (κ1) is 34.4. The Kier molecular flexibility index (Phi) is 9.72. The number of benzene rings is 2. The normalized spacial score (nSPS) is 19.9. The molecule has 3 heterocycles. The van der Waals surface area contributed by atoms with Crippen LogP contribution in [0.4, 0.5) is 11.5 Å². The van der Waals surface area contributed by atoms with Crippen LogP contribution in [-0.2, 0) is 38.2 Å². The van der Waals surface area contributed by atoms with Crippen molar-refractivity contribution in [2.24, 2.45) is 4.99 Å². The van der Waals surface area contributed by atoms with Crippen molar-refractivity contribution >= 4 is 33.3 Å². The molecule has 12 heteroatoms. The molecular weight excluding hydrogens is 641 g/mol. The average Bonchev–Trinajstić information content (AvgIpc) is 3.77. The molecule has 260 valence electrons. The summed E-state index contributed by atoms with van der Waals surface area (Å²) in [7, 11) is -4.20. The van der Waals surface area contributed by atoms with Crippen LogP contribution in [0.15, 0.2) is 75.2 Å². The van der Waals surface area contributed by atoms with Gasteiger partial charge in [-0.05, 0) is 81.1 Å². The van der Waals surface area contributed by atoms with Crippen LogP contribution in [0.5, 0.6) is 0 Å². The first-order valence-electron chi connectivity index (χ1n) is 17.1. The zero-order valence-electron chi connectivity index (χ0n) is 28.7. The molecule has 1 atom stereocenters. The molecule has 1 saturated carbocycles. The molecule has 1 aliphatic carbocycles. The summed E-state index contributed by atoms with van der Waals surface area (Å²) in [5.74, 6) is 1.62. The molecule has 1 spiro atoms. The molecular formula is C37H46N6O5S. The number of aromatic nitrogens is 1. The second kappa shape index (κ2) is 13.8. The number of allylic oxidation sites excluding steroid dienone is 2. The van der Waals surface area contributed by atoms with E-state index in [1.165, 1.54) is 6.07 Å². The quantitative estimate of drug-likeness (QED) is 0.176. The fourth-order valence-corrected chi connectivity index (χ4v) is 8.45. The number of carbonyl (C=O) groups excluding carboxylic acids is 1. The lowest BCUT2D eigenvalue weighted by Crippen LogP contribution is -2.42. The largest absolute Gasteiger partial charge is 0.399 e. The fraction of sp³-hybridized carbons (Fsp3) is 0.432. The van der Waals surface area contributed by atoms with E-state index in [9.17, 15) is 13.2 Å². The molecule has 4 N–H and O–H groups in total. The number of nitrogen functional groups attached to an aromatic ring is 1. The van der Waals surface area contributed by atoms with Crippen LogP contribution in [0.2, 0.25) is 0 Å². The monoisotopic (exact) mass is 686 g/mol. The molecule has 0 bridgehead atoms. The SMILES string of the molecule is CCCCC1=NC2(CCCC2)C(=O)N1Cc1ccc(C2(c3ccc(N)cc3S(=O)(=O)Nc3noc(C)c3C)C=CC=CN2)c(COCC)c1. The molecule has 1 aromatic heterocycles. The Morgan fingerprint density at radius 3 is 2.53 bits per heavy atom. The minimum absolute atomic E-state index is 0.00672. The van der Waals surface area contributed by atoms with Gasteiger partial charge in [0.15, 0.2) is 5.82 Å². The van der Waals surface area contributed by atoms with E-state index in [0.29, 0.717) is 35.7 Å². The van der Waals surface area contributed by atoms with Gasteiger partial charge in [0.2, 0.25) is 0 Å². The number of amidine groups is 1. The molecule has 6 rings (SSSR count). The highest BCUT2D eigenvalue weighted by atomic mass is 32.2. The van der Waals surface area contributed by atoms with E-state index in [1.807, 2.05) is 42.2 Å². The lowest BCUT2D eigenvalue weighted by atomic mass is 9.78. The summed E-state index contributed by atoms with van der Waals surface area (Å²) in [6.07, 6.45) is 13.9. The van der Waals surface area contributed by atoms with Gasteiger partial charge in [0.25, 0.3) is 15.9 Å². The number of dihydropyridines is 1. The van der Waals surface area contributed by atoms with Crippen LogP contribution in [0, 0.1) is 13.8 Å². The fourth-order valence-electron chi connectivity index (χ4n) is 7.09. The average molecular weight is 687 g/mol. The maximum absolute atomic E-state index is 14.1. The van der Waals surface area contributed by atoms with Crippen molar-refractivity contribution in [1.82, 2.24) is 15.4 Å². The van der Waals surface area contributed by atoms with Gasteiger partial charge in [-0.15, -0.1) is 0 Å². The zero-order valence-corrected chi connectivity index (χ0v) is 29.5. The predicted octanol–water partition coefficient (Wildman–Crippen LogP) is 6.37. The van der Waals surface area contributed by atoms with E-state index >= 15 is 0 Å². The summed E-state index contributed by atoms with van der Waals surface area (Å²) in [5, 5.41) is 7.41. The van der Waals surface area contributed by atoms with Crippen LogP contribution in [0.1, 0.15) is 92.4 Å². The highest BCUT2D eigenvalue weighted by Crippen LogP contribution is 2.42. The highest BCUT2D eigenvalue weighted by molar-refractivity contribution is 7.92. The van der Waals surface area contributed by atoms with Crippen LogP contribution < -0.4 is 15.8 Å². The highest BCUT2D eigenvalue weighted by Gasteiger charge is 2.49. The first-order chi connectivity index (χ1) is 23.5. The Morgan fingerprint density at radius 1 is 1.08 bits per heavy atom. The number of rotatable bonds is 13. The van der Waals surface area contributed by atoms with Crippen molar-refractivity contribution in [2.75, 3.05) is 17.1 Å². The van der Waals surface area contributed by atoms with Gasteiger partial charge in [-0.1, -0.05) is 67.8 Å². The summed E-state index contributed by atoms with van der Waals surface area (Å²) in [5.41, 5.74) is 8.44. The number of hydrogen-bond donors (Lipinski definition) is 3. The molecule has 11 nitrogen and oxygen atoms in total. The second-order valence-corrected chi connectivity index (χ2v) is 14.8. The molecule has 49 heavy (non-hydrogen) atoms. The lowest BCUT2D eigenvalue weighted by molar-refractivity contribution is -0.131. The number of anilines is 2. The number of nitrogens with one attached hydrogen (secondary N) is 2. The third kappa shape index (κ3) is 6.51. The van der Waals surface area contributed by atoms with Gasteiger partial charge in [0.05, 0.1) is 18.0 Å². The van der Waals surface area contributed by atoms with Gasteiger partial charge in [-0.25, -0.2) is 8.42 Å². The van der Waals surface area contributed by atoms with E-state index in [4.69, 9.17) is 20.0 Å². The molecule has 2 aromatic carbocycles. The topological polar surface area (TPSA) is 152 Å². The molecule has 3 aromatic rings. The maximum Gasteiger partial charge on any atom is 0.263 e. The number of carbonyl (C=O) groups is 1. The van der Waals surface area contributed by atoms with Gasteiger partial charge in [-0.2, -0.15) is 0 Å². The summed E-state index contributed by atoms with van der Waals surface area (Å²) in [4.78, 5) is 20.9. The third-order valence-corrected chi connectivity index (χ3v) is 11.2. The van der Waals surface area contributed by atoms with Gasteiger partial charge < -0.3 is 20.3 Å². The van der Waals surface area contributed by atoms with Gasteiger partial charge in [-0.3, -0.25) is 19.4 Å².